The van der Waals surface area contributed by atoms with E-state index in [1.807, 2.05) is 25.2 Å². The molecular formula is C18H21Cl2N. The van der Waals surface area contributed by atoms with Crippen LogP contribution in [0.3, 0.4) is 0 Å². The van der Waals surface area contributed by atoms with Crippen LogP contribution in [0.15, 0.2) is 42.5 Å². The van der Waals surface area contributed by atoms with Crippen LogP contribution in [0.4, 0.5) is 0 Å². The molecule has 1 unspecified atom stereocenters. The minimum absolute atomic E-state index is 0.433. The Labute approximate surface area is 137 Å². The van der Waals surface area contributed by atoms with Crippen LogP contribution in [0.5, 0.6) is 0 Å². The zero-order chi connectivity index (χ0) is 15.2. The van der Waals surface area contributed by atoms with Gasteiger partial charge in [0.2, 0.25) is 0 Å². The molecule has 0 aliphatic carbocycles. The Balaban J connectivity index is 1.95. The van der Waals surface area contributed by atoms with E-state index in [1.54, 1.807) is 0 Å². The zero-order valence-corrected chi connectivity index (χ0v) is 14.0. The van der Waals surface area contributed by atoms with Crippen molar-refractivity contribution in [2.24, 2.45) is 0 Å². The van der Waals surface area contributed by atoms with Gasteiger partial charge in [-0.2, -0.15) is 0 Å². The first-order valence-electron chi connectivity index (χ1n) is 7.25. The lowest BCUT2D eigenvalue weighted by atomic mass is 9.98. The number of rotatable bonds is 6. The molecule has 2 aromatic carbocycles. The number of benzene rings is 2. The summed E-state index contributed by atoms with van der Waals surface area (Å²) in [4.78, 5) is 0. The van der Waals surface area contributed by atoms with Crippen molar-refractivity contribution in [2.75, 3.05) is 7.05 Å². The van der Waals surface area contributed by atoms with Crippen molar-refractivity contribution >= 4 is 23.2 Å². The molecule has 0 fully saturated rings. The largest absolute Gasteiger partial charge is 0.317 e. The van der Waals surface area contributed by atoms with E-state index in [9.17, 15) is 0 Å². The van der Waals surface area contributed by atoms with Gasteiger partial charge < -0.3 is 5.32 Å². The number of nitrogens with one attached hydrogen (secondary N) is 1. The first-order valence-corrected chi connectivity index (χ1v) is 8.01. The van der Waals surface area contributed by atoms with E-state index in [2.05, 4.69) is 36.5 Å². The van der Waals surface area contributed by atoms with Gasteiger partial charge in [0.25, 0.3) is 0 Å². The van der Waals surface area contributed by atoms with Gasteiger partial charge in [-0.3, -0.25) is 0 Å². The first-order chi connectivity index (χ1) is 10.1. The van der Waals surface area contributed by atoms with Crippen molar-refractivity contribution in [1.29, 1.82) is 0 Å². The summed E-state index contributed by atoms with van der Waals surface area (Å²) in [6.45, 7) is 2.13. The molecule has 1 atom stereocenters. The number of halogens is 2. The Kier molecular flexibility index (Phi) is 6.10. The van der Waals surface area contributed by atoms with Crippen molar-refractivity contribution in [3.63, 3.8) is 0 Å². The number of hydrogen-bond donors (Lipinski definition) is 1. The summed E-state index contributed by atoms with van der Waals surface area (Å²) in [5.74, 6) is 0. The fourth-order valence-corrected chi connectivity index (χ4v) is 2.83. The third-order valence-electron chi connectivity index (χ3n) is 3.74. The maximum absolute atomic E-state index is 6.08. The lowest BCUT2D eigenvalue weighted by molar-refractivity contribution is 0.520. The van der Waals surface area contributed by atoms with Gasteiger partial charge in [0.05, 0.1) is 10.0 Å². The summed E-state index contributed by atoms with van der Waals surface area (Å²) in [6, 6.07) is 15.0. The van der Waals surface area contributed by atoms with Gasteiger partial charge in [-0.05, 0) is 56.5 Å². The highest BCUT2D eigenvalue weighted by molar-refractivity contribution is 6.42. The standard InChI is InChI=1S/C18H21Cl2N/c1-13-4-3-5-14(10-13)6-8-16(21-2)11-15-7-9-17(19)18(20)12-15/h3-5,7,9-10,12,16,21H,6,8,11H2,1-2H3. The Morgan fingerprint density at radius 1 is 1.00 bits per heavy atom. The summed E-state index contributed by atoms with van der Waals surface area (Å²) >= 11 is 12.0. The third-order valence-corrected chi connectivity index (χ3v) is 4.48. The number of likely N-dealkylation sites (N-methyl/N-ethyl adjacent to an activating group) is 1. The fourth-order valence-electron chi connectivity index (χ4n) is 2.51. The molecule has 1 nitrogen and oxygen atoms in total. The second kappa shape index (κ2) is 7.84. The monoisotopic (exact) mass is 321 g/mol. The minimum Gasteiger partial charge on any atom is -0.317 e. The van der Waals surface area contributed by atoms with Gasteiger partial charge in [0.15, 0.2) is 0 Å². The minimum atomic E-state index is 0.433. The van der Waals surface area contributed by atoms with Gasteiger partial charge in [-0.1, -0.05) is 59.1 Å². The molecule has 2 rings (SSSR count). The van der Waals surface area contributed by atoms with E-state index in [0.717, 1.165) is 19.3 Å². The van der Waals surface area contributed by atoms with Crippen LogP contribution in [0.25, 0.3) is 0 Å². The topological polar surface area (TPSA) is 12.0 Å². The SMILES string of the molecule is CNC(CCc1cccc(C)c1)Cc1ccc(Cl)c(Cl)c1. The van der Waals surface area contributed by atoms with Crippen LogP contribution in [0.1, 0.15) is 23.1 Å². The lowest BCUT2D eigenvalue weighted by Crippen LogP contribution is -2.28. The number of hydrogen-bond acceptors (Lipinski definition) is 1. The average Bonchev–Trinajstić information content (AvgIpc) is 2.47. The smallest absolute Gasteiger partial charge is 0.0595 e. The van der Waals surface area contributed by atoms with Crippen molar-refractivity contribution in [2.45, 2.75) is 32.2 Å². The molecule has 1 N–H and O–H groups in total. The third kappa shape index (κ3) is 5.03. The van der Waals surface area contributed by atoms with E-state index >= 15 is 0 Å². The normalized spacial score (nSPS) is 12.4. The van der Waals surface area contributed by atoms with E-state index in [-0.39, 0.29) is 0 Å². The molecule has 0 aliphatic rings. The molecule has 112 valence electrons. The van der Waals surface area contributed by atoms with Gasteiger partial charge in [0.1, 0.15) is 0 Å². The van der Waals surface area contributed by atoms with Crippen LogP contribution < -0.4 is 5.32 Å². The second-order valence-electron chi connectivity index (χ2n) is 5.47. The van der Waals surface area contributed by atoms with Crippen molar-refractivity contribution in [3.8, 4) is 0 Å². The van der Waals surface area contributed by atoms with Gasteiger partial charge in [-0.25, -0.2) is 0 Å². The van der Waals surface area contributed by atoms with E-state index in [0.29, 0.717) is 16.1 Å². The quantitative estimate of drug-likeness (QED) is 0.783. The summed E-state index contributed by atoms with van der Waals surface area (Å²) in [6.07, 6.45) is 3.13. The Hall–Kier alpha value is -1.02. The Morgan fingerprint density at radius 2 is 1.81 bits per heavy atom. The van der Waals surface area contributed by atoms with Crippen LogP contribution in [-0.2, 0) is 12.8 Å². The maximum atomic E-state index is 6.08. The van der Waals surface area contributed by atoms with Crippen molar-refractivity contribution < 1.29 is 0 Å². The molecule has 0 aromatic heterocycles. The molecule has 0 heterocycles. The van der Waals surface area contributed by atoms with E-state index in [4.69, 9.17) is 23.2 Å². The second-order valence-corrected chi connectivity index (χ2v) is 6.28. The molecule has 0 aliphatic heterocycles. The molecule has 0 radical (unpaired) electrons. The molecule has 0 spiro atoms. The summed E-state index contributed by atoms with van der Waals surface area (Å²) < 4.78 is 0. The molecular weight excluding hydrogens is 301 g/mol. The van der Waals surface area contributed by atoms with E-state index < -0.39 is 0 Å². The maximum Gasteiger partial charge on any atom is 0.0595 e. The predicted octanol–water partition coefficient (Wildman–Crippen LogP) is 5.07. The fraction of sp³-hybridized carbons (Fsp3) is 0.333. The highest BCUT2D eigenvalue weighted by Gasteiger charge is 2.09. The van der Waals surface area contributed by atoms with Crippen molar-refractivity contribution in [1.82, 2.24) is 5.32 Å². The molecule has 0 bridgehead atoms. The van der Waals surface area contributed by atoms with Crippen LogP contribution in [0, 0.1) is 6.92 Å². The van der Waals surface area contributed by atoms with Gasteiger partial charge in [0, 0.05) is 6.04 Å². The summed E-state index contributed by atoms with van der Waals surface area (Å²) in [7, 11) is 2.01. The van der Waals surface area contributed by atoms with E-state index in [1.165, 1.54) is 16.7 Å². The first kappa shape index (κ1) is 16.4. The van der Waals surface area contributed by atoms with Crippen molar-refractivity contribution in [3.05, 3.63) is 69.2 Å². The molecule has 2 aromatic rings. The average molecular weight is 322 g/mol. The highest BCUT2D eigenvalue weighted by Crippen LogP contribution is 2.23. The predicted molar refractivity (Wildman–Crippen MR) is 92.5 cm³/mol. The molecule has 0 saturated heterocycles. The molecule has 0 amide bonds. The highest BCUT2D eigenvalue weighted by atomic mass is 35.5. The molecule has 3 heteroatoms. The lowest BCUT2D eigenvalue weighted by Gasteiger charge is -2.17. The Bertz CT molecular complexity index is 596. The number of aryl methyl sites for hydroxylation is 2. The molecule has 21 heavy (non-hydrogen) atoms. The molecule has 0 saturated carbocycles. The zero-order valence-electron chi connectivity index (χ0n) is 12.5. The van der Waals surface area contributed by atoms with Crippen LogP contribution in [-0.4, -0.2) is 13.1 Å². The summed E-state index contributed by atoms with van der Waals surface area (Å²) in [5, 5.41) is 4.63. The summed E-state index contributed by atoms with van der Waals surface area (Å²) in [5.41, 5.74) is 3.93. The van der Waals surface area contributed by atoms with Gasteiger partial charge >= 0.3 is 0 Å². The van der Waals surface area contributed by atoms with Gasteiger partial charge in [-0.15, -0.1) is 0 Å². The van der Waals surface area contributed by atoms with Crippen LogP contribution >= 0.6 is 23.2 Å². The van der Waals surface area contributed by atoms with Crippen LogP contribution in [0.2, 0.25) is 10.0 Å². The Morgan fingerprint density at radius 3 is 2.48 bits per heavy atom.